The van der Waals surface area contributed by atoms with E-state index in [0.717, 1.165) is 33.7 Å². The lowest BCUT2D eigenvalue weighted by atomic mass is 10.1. The number of thiazole rings is 1. The van der Waals surface area contributed by atoms with E-state index in [1.165, 1.54) is 17.4 Å². The zero-order chi connectivity index (χ0) is 20.8. The number of fused-ring (bicyclic) bond motifs is 2. The van der Waals surface area contributed by atoms with Crippen molar-refractivity contribution in [3.8, 4) is 22.2 Å². The summed E-state index contributed by atoms with van der Waals surface area (Å²) in [7, 11) is 1.55. The van der Waals surface area contributed by atoms with Gasteiger partial charge in [0.1, 0.15) is 11.1 Å². The van der Waals surface area contributed by atoms with Crippen LogP contribution in [0.5, 0.6) is 11.6 Å². The molecule has 1 fully saturated rings. The van der Waals surface area contributed by atoms with Gasteiger partial charge in [-0.2, -0.15) is 0 Å². The van der Waals surface area contributed by atoms with Crippen molar-refractivity contribution in [1.29, 1.82) is 0 Å². The van der Waals surface area contributed by atoms with E-state index in [0.29, 0.717) is 28.9 Å². The van der Waals surface area contributed by atoms with Gasteiger partial charge < -0.3 is 14.6 Å². The van der Waals surface area contributed by atoms with E-state index in [4.69, 9.17) is 9.47 Å². The molecule has 2 heterocycles. The Kier molecular flexibility index (Phi) is 4.75. The molecule has 0 spiro atoms. The van der Waals surface area contributed by atoms with E-state index in [1.807, 2.05) is 19.1 Å². The molecule has 0 aliphatic heterocycles. The highest BCUT2D eigenvalue weighted by atomic mass is 32.1. The third-order valence-electron chi connectivity index (χ3n) is 5.35. The summed E-state index contributed by atoms with van der Waals surface area (Å²) in [5.74, 6) is 0.126. The summed E-state index contributed by atoms with van der Waals surface area (Å²) in [6.07, 6.45) is 2.96. The van der Waals surface area contributed by atoms with E-state index < -0.39 is 11.9 Å². The molecule has 1 aliphatic carbocycles. The Morgan fingerprint density at radius 2 is 2.00 bits per heavy atom. The highest BCUT2D eigenvalue weighted by molar-refractivity contribution is 7.21. The van der Waals surface area contributed by atoms with E-state index in [2.05, 4.69) is 15.0 Å². The monoisotopic (exact) mass is 425 g/mol. The van der Waals surface area contributed by atoms with Gasteiger partial charge in [-0.05, 0) is 43.9 Å². The van der Waals surface area contributed by atoms with Crippen LogP contribution in [0.25, 0.3) is 31.8 Å². The first-order chi connectivity index (χ1) is 14.5. The molecule has 0 bridgehead atoms. The second-order valence-corrected chi connectivity index (χ2v) is 8.55. The number of aromatic nitrogens is 3. The van der Waals surface area contributed by atoms with E-state index in [1.54, 1.807) is 19.4 Å². The van der Waals surface area contributed by atoms with Crippen LogP contribution >= 0.6 is 11.3 Å². The average molecular weight is 425 g/mol. The van der Waals surface area contributed by atoms with Crippen LogP contribution in [0.2, 0.25) is 0 Å². The smallest absolute Gasteiger partial charge is 0.232 e. The van der Waals surface area contributed by atoms with Gasteiger partial charge in [0.15, 0.2) is 11.6 Å². The standard InChI is InChI=1S/C22H20FN3O3S/c1-11-6-12(21-15(7-11)25-20(28-2)10-24-21)22-26-14-8-13(23)18(9-19(14)30-22)29-17-5-3-4-16(17)27/h6-10,16-17,27H,3-5H2,1-2H3/t16-,17-/m1/s1. The SMILES string of the molecule is COc1cnc2c(-c3nc4cc(F)c(O[C@@H]5CCC[C@H]5O)cc4s3)cc(C)cc2n1. The van der Waals surface area contributed by atoms with Crippen molar-refractivity contribution in [2.45, 2.75) is 38.4 Å². The third-order valence-corrected chi connectivity index (χ3v) is 6.40. The van der Waals surface area contributed by atoms with Crippen LogP contribution in [0.15, 0.2) is 30.5 Å². The number of methoxy groups -OCH3 is 1. The van der Waals surface area contributed by atoms with Crippen molar-refractivity contribution < 1.29 is 19.0 Å². The second kappa shape index (κ2) is 7.45. The van der Waals surface area contributed by atoms with Crippen LogP contribution < -0.4 is 9.47 Å². The van der Waals surface area contributed by atoms with Crippen molar-refractivity contribution in [2.24, 2.45) is 0 Å². The Morgan fingerprint density at radius 3 is 2.77 bits per heavy atom. The molecule has 154 valence electrons. The number of hydrogen-bond donors (Lipinski definition) is 1. The lowest BCUT2D eigenvalue weighted by Crippen LogP contribution is -2.25. The zero-order valence-corrected chi connectivity index (χ0v) is 17.4. The van der Waals surface area contributed by atoms with Gasteiger partial charge in [0.05, 0.1) is 40.7 Å². The van der Waals surface area contributed by atoms with E-state index in [-0.39, 0.29) is 11.9 Å². The number of aryl methyl sites for hydroxylation is 1. The lowest BCUT2D eigenvalue weighted by molar-refractivity contribution is 0.0580. The fraction of sp³-hybridized carbons (Fsp3) is 0.318. The fourth-order valence-electron chi connectivity index (χ4n) is 3.85. The number of ether oxygens (including phenoxy) is 2. The molecule has 2 aromatic carbocycles. The van der Waals surface area contributed by atoms with Gasteiger partial charge in [0.25, 0.3) is 0 Å². The van der Waals surface area contributed by atoms with Crippen molar-refractivity contribution in [2.75, 3.05) is 7.11 Å². The highest BCUT2D eigenvalue weighted by Crippen LogP contribution is 2.37. The molecule has 2 aromatic heterocycles. The van der Waals surface area contributed by atoms with E-state index in [9.17, 15) is 9.50 Å². The predicted molar refractivity (Wildman–Crippen MR) is 114 cm³/mol. The van der Waals surface area contributed by atoms with Crippen LogP contribution in [0.3, 0.4) is 0 Å². The highest BCUT2D eigenvalue weighted by Gasteiger charge is 2.28. The van der Waals surface area contributed by atoms with Crippen LogP contribution in [-0.4, -0.2) is 39.4 Å². The first-order valence-electron chi connectivity index (χ1n) is 9.78. The van der Waals surface area contributed by atoms with Gasteiger partial charge >= 0.3 is 0 Å². The fourth-order valence-corrected chi connectivity index (χ4v) is 4.84. The Balaban J connectivity index is 1.58. The van der Waals surface area contributed by atoms with Gasteiger partial charge in [-0.1, -0.05) is 0 Å². The van der Waals surface area contributed by atoms with Crippen molar-refractivity contribution in [1.82, 2.24) is 15.0 Å². The van der Waals surface area contributed by atoms with E-state index >= 15 is 0 Å². The molecule has 30 heavy (non-hydrogen) atoms. The minimum absolute atomic E-state index is 0.155. The van der Waals surface area contributed by atoms with Crippen LogP contribution in [0.1, 0.15) is 24.8 Å². The largest absolute Gasteiger partial charge is 0.485 e. The maximum Gasteiger partial charge on any atom is 0.232 e. The molecule has 1 N–H and O–H groups in total. The first kappa shape index (κ1) is 19.1. The number of aliphatic hydroxyl groups is 1. The molecule has 0 unspecified atom stereocenters. The predicted octanol–water partition coefficient (Wildman–Crippen LogP) is 4.65. The molecular formula is C22H20FN3O3S. The minimum atomic E-state index is -0.550. The normalized spacial score (nSPS) is 18.9. The lowest BCUT2D eigenvalue weighted by Gasteiger charge is -2.17. The first-order valence-corrected chi connectivity index (χ1v) is 10.6. The van der Waals surface area contributed by atoms with Gasteiger partial charge in [-0.25, -0.2) is 19.3 Å². The quantitative estimate of drug-likeness (QED) is 0.513. The number of nitrogens with zero attached hydrogens (tertiary/aromatic N) is 3. The summed E-state index contributed by atoms with van der Waals surface area (Å²) in [5, 5.41) is 10.7. The molecule has 2 atom stereocenters. The molecule has 5 rings (SSSR count). The van der Waals surface area contributed by atoms with Crippen LogP contribution in [0, 0.1) is 12.7 Å². The maximum atomic E-state index is 14.6. The Morgan fingerprint density at radius 1 is 1.13 bits per heavy atom. The Hall–Kier alpha value is -2.84. The average Bonchev–Trinajstić information content (AvgIpc) is 3.32. The van der Waals surface area contributed by atoms with Crippen molar-refractivity contribution in [3.05, 3.63) is 41.8 Å². The number of halogens is 1. The maximum absolute atomic E-state index is 14.6. The van der Waals surface area contributed by atoms with Crippen LogP contribution in [-0.2, 0) is 0 Å². The number of hydrogen-bond acceptors (Lipinski definition) is 7. The molecule has 0 amide bonds. The number of aliphatic hydroxyl groups excluding tert-OH is 1. The molecule has 1 saturated carbocycles. The Bertz CT molecular complexity index is 1260. The Labute approximate surface area is 176 Å². The summed E-state index contributed by atoms with van der Waals surface area (Å²) in [6.45, 7) is 1.98. The van der Waals surface area contributed by atoms with Crippen molar-refractivity contribution in [3.63, 3.8) is 0 Å². The van der Waals surface area contributed by atoms with Crippen molar-refractivity contribution >= 4 is 32.6 Å². The van der Waals surface area contributed by atoms with Gasteiger partial charge in [0, 0.05) is 17.7 Å². The minimum Gasteiger partial charge on any atom is -0.485 e. The molecular weight excluding hydrogens is 405 g/mol. The molecule has 0 radical (unpaired) electrons. The molecule has 4 aromatic rings. The van der Waals surface area contributed by atoms with Gasteiger partial charge in [0.2, 0.25) is 5.88 Å². The molecule has 1 aliphatic rings. The second-order valence-electron chi connectivity index (χ2n) is 7.52. The van der Waals surface area contributed by atoms with Gasteiger partial charge in [-0.3, -0.25) is 0 Å². The summed E-state index contributed by atoms with van der Waals surface area (Å²) in [4.78, 5) is 13.6. The summed E-state index contributed by atoms with van der Waals surface area (Å²) in [5.41, 5.74) is 3.85. The molecule has 0 saturated heterocycles. The summed E-state index contributed by atoms with van der Waals surface area (Å²) in [6, 6.07) is 7.01. The summed E-state index contributed by atoms with van der Waals surface area (Å²) >= 11 is 1.45. The number of benzene rings is 2. The van der Waals surface area contributed by atoms with Gasteiger partial charge in [-0.15, -0.1) is 11.3 Å². The molecule has 8 heteroatoms. The summed E-state index contributed by atoms with van der Waals surface area (Å²) < 4.78 is 26.4. The van der Waals surface area contributed by atoms with Crippen LogP contribution in [0.4, 0.5) is 4.39 Å². The number of rotatable bonds is 4. The third kappa shape index (κ3) is 3.36. The zero-order valence-electron chi connectivity index (χ0n) is 16.6. The molecule has 6 nitrogen and oxygen atoms in total. The topological polar surface area (TPSA) is 77.4 Å².